The second-order valence-electron chi connectivity index (χ2n) is 5.43. The summed E-state index contributed by atoms with van der Waals surface area (Å²) in [5.41, 5.74) is 0.444. The number of esters is 1. The predicted molar refractivity (Wildman–Crippen MR) is 105 cm³/mol. The molecular weight excluding hydrogens is 390 g/mol. The molecule has 0 saturated heterocycles. The first-order valence-corrected chi connectivity index (χ1v) is 9.09. The molecule has 8 heteroatoms. The van der Waals surface area contributed by atoms with Gasteiger partial charge in [0.15, 0.2) is 6.61 Å². The van der Waals surface area contributed by atoms with Crippen molar-refractivity contribution in [2.45, 2.75) is 0 Å². The molecule has 0 atom stereocenters. The molecule has 1 amide bonds. The molecule has 3 rings (SSSR count). The van der Waals surface area contributed by atoms with Crippen molar-refractivity contribution in [1.82, 2.24) is 0 Å². The number of ether oxygens (including phenoxy) is 3. The minimum atomic E-state index is -0.641. The van der Waals surface area contributed by atoms with E-state index in [1.54, 1.807) is 18.2 Å². The van der Waals surface area contributed by atoms with Gasteiger partial charge in [-0.1, -0.05) is 29.8 Å². The van der Waals surface area contributed by atoms with E-state index in [0.717, 1.165) is 10.1 Å². The van der Waals surface area contributed by atoms with E-state index in [0.29, 0.717) is 22.2 Å². The molecule has 1 N–H and O–H groups in total. The summed E-state index contributed by atoms with van der Waals surface area (Å²) in [6.45, 7) is -0.446. The Morgan fingerprint density at radius 1 is 1.11 bits per heavy atom. The van der Waals surface area contributed by atoms with Crippen LogP contribution < -0.4 is 14.8 Å². The molecule has 0 unspecified atom stereocenters. The summed E-state index contributed by atoms with van der Waals surface area (Å²) in [6.07, 6.45) is 0. The molecule has 140 valence electrons. The summed E-state index contributed by atoms with van der Waals surface area (Å²) in [5, 5.41) is 3.75. The van der Waals surface area contributed by atoms with Crippen LogP contribution >= 0.6 is 22.9 Å². The lowest BCUT2D eigenvalue weighted by Crippen LogP contribution is -2.21. The number of amides is 1. The molecule has 0 radical (unpaired) electrons. The van der Waals surface area contributed by atoms with Gasteiger partial charge >= 0.3 is 5.97 Å². The SMILES string of the molecule is COc1ccc(NC(=O)COC(=O)c2sc3ccccc3c2Cl)c(OC)c1. The molecule has 2 aromatic carbocycles. The van der Waals surface area contributed by atoms with Crippen LogP contribution in [0.5, 0.6) is 11.5 Å². The number of anilines is 1. The average molecular weight is 406 g/mol. The number of halogens is 1. The summed E-state index contributed by atoms with van der Waals surface area (Å²) < 4.78 is 16.3. The standard InChI is InChI=1S/C19H16ClNO5S/c1-24-11-7-8-13(14(9-11)25-2)21-16(22)10-26-19(23)18-17(20)12-5-3-4-6-15(12)27-18/h3-9H,10H2,1-2H3,(H,21,22). The average Bonchev–Trinajstić information content (AvgIpc) is 3.03. The van der Waals surface area contributed by atoms with Gasteiger partial charge in [0.1, 0.15) is 16.4 Å². The first-order chi connectivity index (χ1) is 13.0. The molecule has 3 aromatic rings. The Kier molecular flexibility index (Phi) is 5.83. The molecule has 0 aliphatic rings. The van der Waals surface area contributed by atoms with E-state index in [2.05, 4.69) is 5.32 Å². The zero-order valence-corrected chi connectivity index (χ0v) is 16.1. The van der Waals surface area contributed by atoms with Crippen LogP contribution in [0.1, 0.15) is 9.67 Å². The quantitative estimate of drug-likeness (QED) is 0.616. The second kappa shape index (κ2) is 8.28. The number of nitrogens with one attached hydrogen (secondary N) is 1. The van der Waals surface area contributed by atoms with Gasteiger partial charge in [-0.3, -0.25) is 4.79 Å². The maximum absolute atomic E-state index is 12.3. The Morgan fingerprint density at radius 2 is 1.89 bits per heavy atom. The number of carbonyl (C=O) groups is 2. The fourth-order valence-corrected chi connectivity index (χ4v) is 3.83. The van der Waals surface area contributed by atoms with Gasteiger partial charge in [0.05, 0.1) is 24.9 Å². The Hall–Kier alpha value is -2.77. The summed E-state index contributed by atoms with van der Waals surface area (Å²) in [4.78, 5) is 24.7. The lowest BCUT2D eigenvalue weighted by atomic mass is 10.2. The molecule has 27 heavy (non-hydrogen) atoms. The predicted octanol–water partition coefficient (Wildman–Crippen LogP) is 4.37. The molecule has 0 aliphatic carbocycles. The highest BCUT2D eigenvalue weighted by Gasteiger charge is 2.19. The number of rotatable bonds is 6. The summed E-state index contributed by atoms with van der Waals surface area (Å²) >= 11 is 7.47. The third kappa shape index (κ3) is 4.15. The highest BCUT2D eigenvalue weighted by molar-refractivity contribution is 7.21. The van der Waals surface area contributed by atoms with E-state index in [4.69, 9.17) is 25.8 Å². The van der Waals surface area contributed by atoms with Gasteiger partial charge in [0.25, 0.3) is 5.91 Å². The van der Waals surface area contributed by atoms with Crippen molar-refractivity contribution in [3.8, 4) is 11.5 Å². The number of hydrogen-bond donors (Lipinski definition) is 1. The van der Waals surface area contributed by atoms with Crippen molar-refractivity contribution in [2.24, 2.45) is 0 Å². The lowest BCUT2D eigenvalue weighted by molar-refractivity contribution is -0.119. The van der Waals surface area contributed by atoms with Crippen LogP contribution in [0.25, 0.3) is 10.1 Å². The summed E-state index contributed by atoms with van der Waals surface area (Å²) in [6, 6.07) is 12.4. The van der Waals surface area contributed by atoms with E-state index in [9.17, 15) is 9.59 Å². The van der Waals surface area contributed by atoms with Crippen LogP contribution in [0.2, 0.25) is 5.02 Å². The zero-order valence-electron chi connectivity index (χ0n) is 14.6. The smallest absolute Gasteiger partial charge is 0.350 e. The zero-order chi connectivity index (χ0) is 19.4. The fourth-order valence-electron chi connectivity index (χ4n) is 2.43. The monoisotopic (exact) mass is 405 g/mol. The number of carbonyl (C=O) groups excluding carboxylic acids is 2. The molecule has 0 spiro atoms. The molecule has 0 aliphatic heterocycles. The fraction of sp³-hybridized carbons (Fsp3) is 0.158. The van der Waals surface area contributed by atoms with Gasteiger partial charge in [0, 0.05) is 16.2 Å². The minimum absolute atomic E-state index is 0.271. The van der Waals surface area contributed by atoms with E-state index in [1.165, 1.54) is 25.6 Å². The molecule has 0 fully saturated rings. The van der Waals surface area contributed by atoms with Crippen LogP contribution in [-0.4, -0.2) is 32.7 Å². The van der Waals surface area contributed by atoms with Crippen LogP contribution in [0.3, 0.4) is 0 Å². The van der Waals surface area contributed by atoms with Crippen LogP contribution in [-0.2, 0) is 9.53 Å². The van der Waals surface area contributed by atoms with E-state index in [1.807, 2.05) is 24.3 Å². The van der Waals surface area contributed by atoms with Gasteiger partial charge in [-0.15, -0.1) is 11.3 Å². The molecule has 0 bridgehead atoms. The van der Waals surface area contributed by atoms with Crippen LogP contribution in [0.4, 0.5) is 5.69 Å². The van der Waals surface area contributed by atoms with Gasteiger partial charge in [-0.2, -0.15) is 0 Å². The van der Waals surface area contributed by atoms with Crippen molar-refractivity contribution in [1.29, 1.82) is 0 Å². The summed E-state index contributed by atoms with van der Waals surface area (Å²) in [5.74, 6) is -0.112. The second-order valence-corrected chi connectivity index (χ2v) is 6.86. The maximum atomic E-state index is 12.3. The molecular formula is C19H16ClNO5S. The molecule has 1 aromatic heterocycles. The number of fused-ring (bicyclic) bond motifs is 1. The minimum Gasteiger partial charge on any atom is -0.497 e. The van der Waals surface area contributed by atoms with Crippen molar-refractivity contribution in [2.75, 3.05) is 26.1 Å². The van der Waals surface area contributed by atoms with E-state index in [-0.39, 0.29) is 4.88 Å². The van der Waals surface area contributed by atoms with Gasteiger partial charge in [-0.05, 0) is 18.2 Å². The lowest BCUT2D eigenvalue weighted by Gasteiger charge is -2.11. The van der Waals surface area contributed by atoms with E-state index >= 15 is 0 Å². The Bertz CT molecular complexity index is 1000. The third-order valence-corrected chi connectivity index (χ3v) is 5.39. The van der Waals surface area contributed by atoms with Crippen molar-refractivity contribution in [3.05, 3.63) is 52.4 Å². The Morgan fingerprint density at radius 3 is 2.59 bits per heavy atom. The maximum Gasteiger partial charge on any atom is 0.350 e. The number of benzene rings is 2. The Balaban J connectivity index is 1.65. The van der Waals surface area contributed by atoms with Crippen molar-refractivity contribution in [3.63, 3.8) is 0 Å². The van der Waals surface area contributed by atoms with Crippen LogP contribution in [0, 0.1) is 0 Å². The van der Waals surface area contributed by atoms with Crippen LogP contribution in [0.15, 0.2) is 42.5 Å². The number of methoxy groups -OCH3 is 2. The molecule has 0 saturated carbocycles. The highest BCUT2D eigenvalue weighted by atomic mass is 35.5. The first kappa shape index (κ1) is 19.0. The van der Waals surface area contributed by atoms with E-state index < -0.39 is 18.5 Å². The largest absolute Gasteiger partial charge is 0.497 e. The normalized spacial score (nSPS) is 10.5. The van der Waals surface area contributed by atoms with Crippen molar-refractivity contribution < 1.29 is 23.8 Å². The molecule has 1 heterocycles. The first-order valence-electron chi connectivity index (χ1n) is 7.89. The Labute approximate surface area is 164 Å². The number of hydrogen-bond acceptors (Lipinski definition) is 6. The van der Waals surface area contributed by atoms with Crippen molar-refractivity contribution >= 4 is 50.6 Å². The number of thiophene rings is 1. The molecule has 6 nitrogen and oxygen atoms in total. The topological polar surface area (TPSA) is 73.9 Å². The van der Waals surface area contributed by atoms with Gasteiger partial charge < -0.3 is 19.5 Å². The summed E-state index contributed by atoms with van der Waals surface area (Å²) in [7, 11) is 3.01. The van der Waals surface area contributed by atoms with Gasteiger partial charge in [-0.25, -0.2) is 4.79 Å². The van der Waals surface area contributed by atoms with Gasteiger partial charge in [0.2, 0.25) is 0 Å². The highest BCUT2D eigenvalue weighted by Crippen LogP contribution is 2.35. The third-order valence-electron chi connectivity index (χ3n) is 3.74.